The van der Waals surface area contributed by atoms with Crippen molar-refractivity contribution in [3.63, 3.8) is 0 Å². The molecule has 1 aliphatic carbocycles. The fourth-order valence-corrected chi connectivity index (χ4v) is 3.68. The minimum absolute atomic E-state index is 0.321. The highest BCUT2D eigenvalue weighted by Crippen LogP contribution is 2.25. The van der Waals surface area contributed by atoms with E-state index in [0.29, 0.717) is 12.3 Å². The van der Waals surface area contributed by atoms with Gasteiger partial charge in [-0.1, -0.05) is 6.08 Å². The fraction of sp³-hybridized carbons (Fsp3) is 0.474. The van der Waals surface area contributed by atoms with Gasteiger partial charge in [-0.3, -0.25) is 0 Å². The highest BCUT2D eigenvalue weighted by molar-refractivity contribution is 5.95. The Labute approximate surface area is 147 Å². The molecule has 2 aliphatic rings. The van der Waals surface area contributed by atoms with Gasteiger partial charge in [-0.25, -0.2) is 9.78 Å². The van der Waals surface area contributed by atoms with E-state index in [1.165, 1.54) is 25.0 Å². The van der Waals surface area contributed by atoms with Crippen molar-refractivity contribution in [2.45, 2.75) is 26.2 Å². The van der Waals surface area contributed by atoms with E-state index in [2.05, 4.69) is 31.9 Å². The normalized spacial score (nSPS) is 17.9. The van der Waals surface area contributed by atoms with Gasteiger partial charge in [-0.2, -0.15) is 0 Å². The number of hydrogen-bond donors (Lipinski definition) is 1. The van der Waals surface area contributed by atoms with Gasteiger partial charge in [0, 0.05) is 37.3 Å². The Hall–Kier alpha value is -2.50. The molecule has 0 unspecified atom stereocenters. The third-order valence-electron chi connectivity index (χ3n) is 5.01. The summed E-state index contributed by atoms with van der Waals surface area (Å²) in [6.07, 6.45) is 7.94. The van der Waals surface area contributed by atoms with Crippen LogP contribution in [0.2, 0.25) is 0 Å². The van der Waals surface area contributed by atoms with E-state index in [9.17, 15) is 4.79 Å². The standard InChI is InChI=1S/C19H24N4O2/c1-2-25-19(24)16-11-14-12-18(20-13-17(14)21-16)23-9-7-22(8-10-23)15-5-3-4-6-15/h5,11-13,21H,2-4,6-10H2,1H3. The van der Waals surface area contributed by atoms with Crippen LogP contribution in [-0.2, 0) is 4.74 Å². The summed E-state index contributed by atoms with van der Waals surface area (Å²) in [4.78, 5) is 24.4. The van der Waals surface area contributed by atoms with Gasteiger partial charge in [-0.05, 0) is 38.3 Å². The lowest BCUT2D eigenvalue weighted by Crippen LogP contribution is -2.45. The van der Waals surface area contributed by atoms with Crippen LogP contribution in [0.25, 0.3) is 10.9 Å². The molecule has 6 heteroatoms. The summed E-state index contributed by atoms with van der Waals surface area (Å²) in [6, 6.07) is 3.90. The van der Waals surface area contributed by atoms with Gasteiger partial charge in [0.1, 0.15) is 11.5 Å². The van der Waals surface area contributed by atoms with Crippen LogP contribution in [0.15, 0.2) is 30.1 Å². The summed E-state index contributed by atoms with van der Waals surface area (Å²) in [5.41, 5.74) is 2.86. The van der Waals surface area contributed by atoms with E-state index in [1.807, 2.05) is 13.0 Å². The number of nitrogens with zero attached hydrogens (tertiary/aromatic N) is 3. The number of carbonyl (C=O) groups is 1. The zero-order chi connectivity index (χ0) is 17.2. The molecule has 2 aromatic heterocycles. The number of aromatic nitrogens is 2. The average molecular weight is 340 g/mol. The summed E-state index contributed by atoms with van der Waals surface area (Å²) in [5, 5.41) is 0.994. The summed E-state index contributed by atoms with van der Waals surface area (Å²) in [7, 11) is 0. The lowest BCUT2D eigenvalue weighted by molar-refractivity contribution is 0.0520. The third kappa shape index (κ3) is 3.21. The number of hydrogen-bond acceptors (Lipinski definition) is 5. The maximum absolute atomic E-state index is 11.9. The van der Waals surface area contributed by atoms with Crippen LogP contribution in [0.1, 0.15) is 36.7 Å². The Balaban J connectivity index is 1.47. The molecule has 2 aromatic rings. The highest BCUT2D eigenvalue weighted by atomic mass is 16.5. The Bertz CT molecular complexity index is 803. The van der Waals surface area contributed by atoms with Crippen molar-refractivity contribution in [1.82, 2.24) is 14.9 Å². The molecular weight excluding hydrogens is 316 g/mol. The topological polar surface area (TPSA) is 61.5 Å². The summed E-state index contributed by atoms with van der Waals surface area (Å²) in [5.74, 6) is 0.653. The summed E-state index contributed by atoms with van der Waals surface area (Å²) >= 11 is 0. The Kier molecular flexibility index (Phi) is 4.34. The van der Waals surface area contributed by atoms with E-state index in [0.717, 1.165) is 42.9 Å². The number of fused-ring (bicyclic) bond motifs is 1. The van der Waals surface area contributed by atoms with E-state index in [4.69, 9.17) is 4.74 Å². The van der Waals surface area contributed by atoms with Crippen LogP contribution < -0.4 is 4.90 Å². The number of pyridine rings is 1. The largest absolute Gasteiger partial charge is 0.461 e. The molecule has 0 saturated carbocycles. The van der Waals surface area contributed by atoms with Crippen molar-refractivity contribution in [3.05, 3.63) is 35.8 Å². The predicted octanol–water partition coefficient (Wildman–Crippen LogP) is 2.93. The second kappa shape index (κ2) is 6.78. The van der Waals surface area contributed by atoms with Gasteiger partial charge < -0.3 is 19.5 Å². The van der Waals surface area contributed by atoms with Crippen LogP contribution in [0.3, 0.4) is 0 Å². The van der Waals surface area contributed by atoms with Crippen LogP contribution in [0, 0.1) is 0 Å². The van der Waals surface area contributed by atoms with Crippen LogP contribution in [0.4, 0.5) is 5.82 Å². The van der Waals surface area contributed by atoms with Crippen molar-refractivity contribution >= 4 is 22.7 Å². The predicted molar refractivity (Wildman–Crippen MR) is 97.8 cm³/mol. The first-order chi connectivity index (χ1) is 12.2. The molecule has 0 atom stereocenters. The third-order valence-corrected chi connectivity index (χ3v) is 5.01. The SMILES string of the molecule is CCOC(=O)c1cc2cc(N3CCN(C4=CCCC4)CC3)ncc2[nH]1. The number of aromatic amines is 1. The summed E-state index contributed by atoms with van der Waals surface area (Å²) in [6.45, 7) is 6.23. The van der Waals surface area contributed by atoms with E-state index >= 15 is 0 Å². The van der Waals surface area contributed by atoms with E-state index in [1.54, 1.807) is 6.20 Å². The second-order valence-electron chi connectivity index (χ2n) is 6.60. The highest BCUT2D eigenvalue weighted by Gasteiger charge is 2.21. The molecule has 132 valence electrons. The quantitative estimate of drug-likeness (QED) is 0.867. The maximum Gasteiger partial charge on any atom is 0.354 e. The zero-order valence-corrected chi connectivity index (χ0v) is 14.6. The molecule has 0 aromatic carbocycles. The Morgan fingerprint density at radius 2 is 2.04 bits per heavy atom. The second-order valence-corrected chi connectivity index (χ2v) is 6.60. The molecule has 1 saturated heterocycles. The smallest absolute Gasteiger partial charge is 0.354 e. The number of carbonyl (C=O) groups excluding carboxylic acids is 1. The lowest BCUT2D eigenvalue weighted by Gasteiger charge is -2.37. The zero-order valence-electron chi connectivity index (χ0n) is 14.6. The number of anilines is 1. The number of H-pyrrole nitrogens is 1. The van der Waals surface area contributed by atoms with Gasteiger partial charge >= 0.3 is 5.97 Å². The number of ether oxygens (including phenoxy) is 1. The van der Waals surface area contributed by atoms with Gasteiger partial charge in [0.25, 0.3) is 0 Å². The molecule has 0 bridgehead atoms. The molecule has 6 nitrogen and oxygen atoms in total. The van der Waals surface area contributed by atoms with Crippen LogP contribution >= 0.6 is 0 Å². The maximum atomic E-state index is 11.9. The van der Waals surface area contributed by atoms with Gasteiger partial charge in [-0.15, -0.1) is 0 Å². The van der Waals surface area contributed by atoms with E-state index in [-0.39, 0.29) is 5.97 Å². The number of piperazine rings is 1. The molecule has 25 heavy (non-hydrogen) atoms. The molecule has 0 amide bonds. The van der Waals surface area contributed by atoms with Gasteiger partial charge in [0.15, 0.2) is 0 Å². The first-order valence-corrected chi connectivity index (χ1v) is 9.09. The molecule has 4 rings (SSSR count). The minimum Gasteiger partial charge on any atom is -0.461 e. The van der Waals surface area contributed by atoms with Crippen molar-refractivity contribution < 1.29 is 9.53 Å². The van der Waals surface area contributed by atoms with Gasteiger partial charge in [0.05, 0.1) is 18.3 Å². The Morgan fingerprint density at radius 1 is 1.24 bits per heavy atom. The van der Waals surface area contributed by atoms with Crippen molar-refractivity contribution in [1.29, 1.82) is 0 Å². The molecule has 0 radical (unpaired) electrons. The van der Waals surface area contributed by atoms with Crippen molar-refractivity contribution in [2.75, 3.05) is 37.7 Å². The monoisotopic (exact) mass is 340 g/mol. The number of nitrogens with one attached hydrogen (secondary N) is 1. The van der Waals surface area contributed by atoms with Crippen molar-refractivity contribution in [2.24, 2.45) is 0 Å². The molecular formula is C19H24N4O2. The number of esters is 1. The molecule has 1 aliphatic heterocycles. The lowest BCUT2D eigenvalue weighted by atomic mass is 10.2. The first-order valence-electron chi connectivity index (χ1n) is 9.09. The average Bonchev–Trinajstić information content (AvgIpc) is 3.31. The van der Waals surface area contributed by atoms with E-state index < -0.39 is 0 Å². The first kappa shape index (κ1) is 16.0. The fourth-order valence-electron chi connectivity index (χ4n) is 3.68. The molecule has 0 spiro atoms. The van der Waals surface area contributed by atoms with Crippen molar-refractivity contribution in [3.8, 4) is 0 Å². The number of rotatable bonds is 4. The van der Waals surface area contributed by atoms with Crippen LogP contribution in [0.5, 0.6) is 0 Å². The van der Waals surface area contributed by atoms with Gasteiger partial charge in [0.2, 0.25) is 0 Å². The Morgan fingerprint density at radius 3 is 2.76 bits per heavy atom. The minimum atomic E-state index is -0.321. The molecule has 1 fully saturated rings. The molecule has 3 heterocycles. The van der Waals surface area contributed by atoms with Crippen LogP contribution in [-0.4, -0.2) is 53.6 Å². The number of allylic oxidation sites excluding steroid dienone is 2. The molecule has 1 N–H and O–H groups in total. The summed E-state index contributed by atoms with van der Waals surface area (Å²) < 4.78 is 5.05.